The zero-order valence-electron chi connectivity index (χ0n) is 10.8. The average molecular weight is 302 g/mol. The van der Waals surface area contributed by atoms with Gasteiger partial charge in [-0.2, -0.15) is 4.72 Å². The van der Waals surface area contributed by atoms with Crippen LogP contribution in [-0.4, -0.2) is 30.5 Å². The summed E-state index contributed by atoms with van der Waals surface area (Å²) in [6.45, 7) is 3.13. The topological polar surface area (TPSA) is 127 Å². The van der Waals surface area contributed by atoms with Crippen LogP contribution in [0.25, 0.3) is 0 Å². The summed E-state index contributed by atoms with van der Waals surface area (Å²) in [5, 5.41) is 19.4. The number of rotatable bonds is 6. The number of nitro groups is 1. The molecule has 1 rings (SSSR count). The van der Waals surface area contributed by atoms with Crippen molar-refractivity contribution in [3.05, 3.63) is 34.4 Å². The third-order valence-corrected chi connectivity index (χ3v) is 4.03. The highest BCUT2D eigenvalue weighted by molar-refractivity contribution is 7.89. The molecule has 0 radical (unpaired) electrons. The van der Waals surface area contributed by atoms with Gasteiger partial charge in [0.2, 0.25) is 10.0 Å². The summed E-state index contributed by atoms with van der Waals surface area (Å²) in [5.74, 6) is -1.73. The minimum atomic E-state index is -4.05. The van der Waals surface area contributed by atoms with E-state index in [4.69, 9.17) is 5.11 Å². The van der Waals surface area contributed by atoms with Crippen molar-refractivity contribution in [3.8, 4) is 0 Å². The average Bonchev–Trinajstić information content (AvgIpc) is 2.35. The van der Waals surface area contributed by atoms with E-state index in [2.05, 4.69) is 4.72 Å². The molecule has 0 fully saturated rings. The van der Waals surface area contributed by atoms with E-state index in [0.29, 0.717) is 0 Å². The molecule has 0 aliphatic heterocycles. The van der Waals surface area contributed by atoms with Crippen LogP contribution in [0.15, 0.2) is 29.2 Å². The van der Waals surface area contributed by atoms with E-state index < -0.39 is 32.9 Å². The zero-order chi connectivity index (χ0) is 15.5. The number of non-ortho nitro benzene ring substituents is 1. The fourth-order valence-electron chi connectivity index (χ4n) is 1.45. The van der Waals surface area contributed by atoms with E-state index in [-0.39, 0.29) is 10.6 Å². The van der Waals surface area contributed by atoms with Crippen LogP contribution in [0.4, 0.5) is 5.69 Å². The van der Waals surface area contributed by atoms with Gasteiger partial charge >= 0.3 is 5.97 Å². The molecule has 0 amide bonds. The van der Waals surface area contributed by atoms with Crippen LogP contribution >= 0.6 is 0 Å². The van der Waals surface area contributed by atoms with E-state index >= 15 is 0 Å². The molecule has 0 aliphatic carbocycles. The van der Waals surface area contributed by atoms with Gasteiger partial charge in [-0.3, -0.25) is 14.9 Å². The number of benzene rings is 1. The second kappa shape index (κ2) is 5.97. The predicted molar refractivity (Wildman–Crippen MR) is 69.7 cm³/mol. The zero-order valence-corrected chi connectivity index (χ0v) is 11.6. The Morgan fingerprint density at radius 3 is 2.15 bits per heavy atom. The third-order valence-electron chi connectivity index (χ3n) is 2.57. The van der Waals surface area contributed by atoms with Crippen LogP contribution in [0.2, 0.25) is 0 Å². The summed E-state index contributed by atoms with van der Waals surface area (Å²) in [4.78, 5) is 20.6. The Hall–Kier alpha value is -2.00. The van der Waals surface area contributed by atoms with Gasteiger partial charge in [-0.1, -0.05) is 13.8 Å². The molecule has 8 nitrogen and oxygen atoms in total. The lowest BCUT2D eigenvalue weighted by Crippen LogP contribution is -2.44. The van der Waals surface area contributed by atoms with E-state index in [0.717, 1.165) is 24.3 Å². The minimum Gasteiger partial charge on any atom is -0.480 e. The van der Waals surface area contributed by atoms with Gasteiger partial charge in [0.15, 0.2) is 0 Å². The van der Waals surface area contributed by atoms with E-state index in [1.165, 1.54) is 0 Å². The quantitative estimate of drug-likeness (QED) is 0.595. The predicted octanol–water partition coefficient (Wildman–Crippen LogP) is 0.982. The van der Waals surface area contributed by atoms with Crippen molar-refractivity contribution in [2.45, 2.75) is 24.8 Å². The molecule has 0 heterocycles. The van der Waals surface area contributed by atoms with Gasteiger partial charge in [0.25, 0.3) is 5.69 Å². The van der Waals surface area contributed by atoms with Crippen molar-refractivity contribution >= 4 is 21.7 Å². The highest BCUT2D eigenvalue weighted by Gasteiger charge is 2.28. The summed E-state index contributed by atoms with van der Waals surface area (Å²) in [6, 6.07) is 2.92. The van der Waals surface area contributed by atoms with Crippen LogP contribution in [0, 0.1) is 16.0 Å². The number of hydrogen-bond acceptors (Lipinski definition) is 5. The smallest absolute Gasteiger partial charge is 0.322 e. The summed E-state index contributed by atoms with van der Waals surface area (Å²) in [5.41, 5.74) is -0.248. The first kappa shape index (κ1) is 16.1. The number of carbonyl (C=O) groups is 1. The fraction of sp³-hybridized carbons (Fsp3) is 0.364. The van der Waals surface area contributed by atoms with Crippen molar-refractivity contribution in [1.29, 1.82) is 0 Å². The molecule has 0 spiro atoms. The first-order valence-corrected chi connectivity index (χ1v) is 7.13. The molecule has 0 saturated heterocycles. The molecule has 1 aromatic rings. The van der Waals surface area contributed by atoms with Gasteiger partial charge in [-0.25, -0.2) is 8.42 Å². The Kier molecular flexibility index (Phi) is 4.79. The Morgan fingerprint density at radius 1 is 1.30 bits per heavy atom. The van der Waals surface area contributed by atoms with Gasteiger partial charge < -0.3 is 5.11 Å². The highest BCUT2D eigenvalue weighted by Crippen LogP contribution is 2.17. The SMILES string of the molecule is CC(C)[C@@H](NS(=O)(=O)c1ccc([N+](=O)[O-])cc1)C(=O)O. The fourth-order valence-corrected chi connectivity index (χ4v) is 2.79. The lowest BCUT2D eigenvalue weighted by atomic mass is 10.1. The molecule has 1 atom stereocenters. The van der Waals surface area contributed by atoms with Crippen molar-refractivity contribution in [2.75, 3.05) is 0 Å². The van der Waals surface area contributed by atoms with Crippen LogP contribution in [-0.2, 0) is 14.8 Å². The van der Waals surface area contributed by atoms with Gasteiger partial charge in [0, 0.05) is 12.1 Å². The summed E-state index contributed by atoms with van der Waals surface area (Å²) in [7, 11) is -4.05. The maximum atomic E-state index is 12.0. The minimum absolute atomic E-state index is 0.227. The monoisotopic (exact) mass is 302 g/mol. The molecular weight excluding hydrogens is 288 g/mol. The normalized spacial score (nSPS) is 13.2. The summed E-state index contributed by atoms with van der Waals surface area (Å²) < 4.78 is 26.0. The third kappa shape index (κ3) is 3.75. The van der Waals surface area contributed by atoms with Crippen LogP contribution in [0.3, 0.4) is 0 Å². The van der Waals surface area contributed by atoms with Crippen molar-refractivity contribution in [2.24, 2.45) is 5.92 Å². The second-order valence-electron chi connectivity index (χ2n) is 4.43. The number of nitro benzene ring substituents is 1. The van der Waals surface area contributed by atoms with Gasteiger partial charge in [0.05, 0.1) is 9.82 Å². The van der Waals surface area contributed by atoms with Gasteiger partial charge in [-0.05, 0) is 18.1 Å². The molecule has 2 N–H and O–H groups in total. The molecule has 0 saturated carbocycles. The number of aliphatic carboxylic acids is 1. The lowest BCUT2D eigenvalue weighted by molar-refractivity contribution is -0.384. The number of nitrogens with one attached hydrogen (secondary N) is 1. The van der Waals surface area contributed by atoms with E-state index in [1.807, 2.05) is 0 Å². The second-order valence-corrected chi connectivity index (χ2v) is 6.15. The number of hydrogen-bond donors (Lipinski definition) is 2. The van der Waals surface area contributed by atoms with Crippen LogP contribution < -0.4 is 4.72 Å². The summed E-state index contributed by atoms with van der Waals surface area (Å²) in [6.07, 6.45) is 0. The van der Waals surface area contributed by atoms with Crippen molar-refractivity contribution in [1.82, 2.24) is 4.72 Å². The number of sulfonamides is 1. The number of carboxylic acids is 1. The molecule has 1 aromatic carbocycles. The molecule has 0 aromatic heterocycles. The molecule has 0 bridgehead atoms. The van der Waals surface area contributed by atoms with Gasteiger partial charge in [0.1, 0.15) is 6.04 Å². The lowest BCUT2D eigenvalue weighted by Gasteiger charge is -2.17. The molecular formula is C11H14N2O6S. The number of nitrogens with zero attached hydrogens (tertiary/aromatic N) is 1. The maximum absolute atomic E-state index is 12.0. The van der Waals surface area contributed by atoms with Crippen molar-refractivity contribution < 1.29 is 23.2 Å². The molecule has 20 heavy (non-hydrogen) atoms. The summed E-state index contributed by atoms with van der Waals surface area (Å²) >= 11 is 0. The Bertz CT molecular complexity index is 608. The van der Waals surface area contributed by atoms with Crippen LogP contribution in [0.1, 0.15) is 13.8 Å². The first-order valence-electron chi connectivity index (χ1n) is 5.64. The highest BCUT2D eigenvalue weighted by atomic mass is 32.2. The molecule has 110 valence electrons. The molecule has 0 unspecified atom stereocenters. The van der Waals surface area contributed by atoms with Crippen molar-refractivity contribution in [3.63, 3.8) is 0 Å². The Labute approximate surface area is 115 Å². The standard InChI is InChI=1S/C11H14N2O6S/c1-7(2)10(11(14)15)12-20(18,19)9-5-3-8(4-6-9)13(16)17/h3-7,10,12H,1-2H3,(H,14,15)/t10-/m1/s1. The first-order chi connectivity index (χ1) is 9.15. The largest absolute Gasteiger partial charge is 0.480 e. The van der Waals surface area contributed by atoms with E-state index in [9.17, 15) is 23.3 Å². The van der Waals surface area contributed by atoms with Gasteiger partial charge in [-0.15, -0.1) is 0 Å². The maximum Gasteiger partial charge on any atom is 0.322 e. The Balaban J connectivity index is 3.04. The number of carboxylic acid groups (broad SMARTS) is 1. The Morgan fingerprint density at radius 2 is 1.80 bits per heavy atom. The molecule has 9 heteroatoms. The van der Waals surface area contributed by atoms with Crippen LogP contribution in [0.5, 0.6) is 0 Å². The molecule has 0 aliphatic rings. The van der Waals surface area contributed by atoms with E-state index in [1.54, 1.807) is 13.8 Å².